The molecule has 0 fully saturated rings. The van der Waals surface area contributed by atoms with E-state index in [9.17, 15) is 13.2 Å². The summed E-state index contributed by atoms with van der Waals surface area (Å²) in [7, 11) is -3.15. The molecule has 7 heteroatoms. The van der Waals surface area contributed by atoms with Gasteiger partial charge in [-0.2, -0.15) is 0 Å². The zero-order chi connectivity index (χ0) is 14.6. The maximum atomic E-state index is 12.0. The van der Waals surface area contributed by atoms with E-state index >= 15 is 0 Å². The van der Waals surface area contributed by atoms with Crippen LogP contribution in [-0.2, 0) is 19.4 Å². The quantitative estimate of drug-likeness (QED) is 0.720. The summed E-state index contributed by atoms with van der Waals surface area (Å²) in [6, 6.07) is 7.02. The first-order valence-corrected chi connectivity index (χ1v) is 8.07. The van der Waals surface area contributed by atoms with E-state index in [0.29, 0.717) is 24.5 Å². The van der Waals surface area contributed by atoms with E-state index in [1.54, 1.807) is 12.1 Å². The maximum Gasteiger partial charge on any atom is 0.243 e. The van der Waals surface area contributed by atoms with Crippen molar-refractivity contribution in [3.8, 4) is 0 Å². The minimum absolute atomic E-state index is 0.00750. The van der Waals surface area contributed by atoms with Crippen molar-refractivity contribution in [1.29, 1.82) is 0 Å². The molecule has 110 valence electrons. The summed E-state index contributed by atoms with van der Waals surface area (Å²) in [6.07, 6.45) is 0.537. The van der Waals surface area contributed by atoms with E-state index in [1.165, 1.54) is 0 Å². The Hall–Kier alpha value is -1.44. The number of primary amides is 1. The highest BCUT2D eigenvalue weighted by Crippen LogP contribution is 2.31. The number of fused-ring (bicyclic) bond motifs is 1. The van der Waals surface area contributed by atoms with Gasteiger partial charge in [0.15, 0.2) is 9.84 Å². The number of amides is 1. The second kappa shape index (κ2) is 6.34. The minimum Gasteiger partial charge on any atom is -0.370 e. The number of sulfone groups is 1. The van der Waals surface area contributed by atoms with Crippen LogP contribution in [0.15, 0.2) is 29.2 Å². The van der Waals surface area contributed by atoms with Crippen molar-refractivity contribution in [2.45, 2.75) is 17.4 Å². The fourth-order valence-electron chi connectivity index (χ4n) is 2.28. The Morgan fingerprint density at radius 1 is 1.40 bits per heavy atom. The van der Waals surface area contributed by atoms with Gasteiger partial charge < -0.3 is 15.8 Å². The summed E-state index contributed by atoms with van der Waals surface area (Å²) < 4.78 is 29.0. The first kappa shape index (κ1) is 15.0. The predicted octanol–water partition coefficient (Wildman–Crippen LogP) is -0.00340. The third-order valence-electron chi connectivity index (χ3n) is 3.19. The van der Waals surface area contributed by atoms with Crippen LogP contribution in [0.5, 0.6) is 0 Å². The SMILES string of the molecule is NC(=O)COCCNC1CCS(=O)(=O)c2ccccc21. The van der Waals surface area contributed by atoms with E-state index in [2.05, 4.69) is 5.32 Å². The summed E-state index contributed by atoms with van der Waals surface area (Å²) >= 11 is 0. The average Bonchev–Trinajstić information content (AvgIpc) is 2.41. The van der Waals surface area contributed by atoms with Crippen molar-refractivity contribution in [2.75, 3.05) is 25.5 Å². The lowest BCUT2D eigenvalue weighted by molar-refractivity contribution is -0.122. The van der Waals surface area contributed by atoms with Crippen molar-refractivity contribution in [3.05, 3.63) is 29.8 Å². The van der Waals surface area contributed by atoms with Gasteiger partial charge in [-0.05, 0) is 18.1 Å². The fraction of sp³-hybridized carbons (Fsp3) is 0.462. The number of carbonyl (C=O) groups excluding carboxylic acids is 1. The standard InChI is InChI=1S/C13H18N2O4S/c14-13(16)9-19-7-6-15-11-5-8-20(17,18)12-4-2-1-3-10(11)12/h1-4,11,15H,5-9H2,(H2,14,16). The number of nitrogens with two attached hydrogens (primary N) is 1. The largest absolute Gasteiger partial charge is 0.370 e. The average molecular weight is 298 g/mol. The van der Waals surface area contributed by atoms with Gasteiger partial charge in [0, 0.05) is 12.6 Å². The predicted molar refractivity (Wildman–Crippen MR) is 73.9 cm³/mol. The first-order valence-electron chi connectivity index (χ1n) is 6.42. The van der Waals surface area contributed by atoms with Gasteiger partial charge in [0.1, 0.15) is 6.61 Å². The van der Waals surface area contributed by atoms with Gasteiger partial charge in [0.05, 0.1) is 17.3 Å². The second-order valence-corrected chi connectivity index (χ2v) is 6.75. The van der Waals surface area contributed by atoms with Crippen LogP contribution in [0.3, 0.4) is 0 Å². The molecule has 1 amide bonds. The topological polar surface area (TPSA) is 98.5 Å². The Morgan fingerprint density at radius 2 is 2.15 bits per heavy atom. The van der Waals surface area contributed by atoms with Crippen LogP contribution in [0.1, 0.15) is 18.0 Å². The van der Waals surface area contributed by atoms with Crippen LogP contribution >= 0.6 is 0 Å². The highest BCUT2D eigenvalue weighted by Gasteiger charge is 2.29. The van der Waals surface area contributed by atoms with Crippen LogP contribution in [-0.4, -0.2) is 39.8 Å². The van der Waals surface area contributed by atoms with Crippen LogP contribution < -0.4 is 11.1 Å². The molecule has 1 aliphatic heterocycles. The van der Waals surface area contributed by atoms with Crippen molar-refractivity contribution in [3.63, 3.8) is 0 Å². The van der Waals surface area contributed by atoms with E-state index in [0.717, 1.165) is 5.56 Å². The van der Waals surface area contributed by atoms with Gasteiger partial charge >= 0.3 is 0 Å². The van der Waals surface area contributed by atoms with Gasteiger partial charge in [-0.15, -0.1) is 0 Å². The molecule has 1 unspecified atom stereocenters. The third-order valence-corrected chi connectivity index (χ3v) is 5.00. The summed E-state index contributed by atoms with van der Waals surface area (Å²) in [4.78, 5) is 10.9. The number of hydrogen-bond donors (Lipinski definition) is 2. The van der Waals surface area contributed by atoms with Crippen LogP contribution in [0, 0.1) is 0 Å². The number of benzene rings is 1. The molecule has 0 bridgehead atoms. The molecule has 0 spiro atoms. The molecule has 0 saturated carbocycles. The van der Waals surface area contributed by atoms with Gasteiger partial charge in [-0.25, -0.2) is 8.42 Å². The van der Waals surface area contributed by atoms with Gasteiger partial charge in [-0.3, -0.25) is 4.79 Å². The normalized spacial score (nSPS) is 20.3. The zero-order valence-electron chi connectivity index (χ0n) is 11.0. The van der Waals surface area contributed by atoms with Crippen molar-refractivity contribution in [1.82, 2.24) is 5.32 Å². The lowest BCUT2D eigenvalue weighted by Gasteiger charge is -2.26. The number of carbonyl (C=O) groups is 1. The number of nitrogens with one attached hydrogen (secondary N) is 1. The number of hydrogen-bond acceptors (Lipinski definition) is 5. The Labute approximate surface area is 118 Å². The molecule has 20 heavy (non-hydrogen) atoms. The summed E-state index contributed by atoms with van der Waals surface area (Å²) in [5.41, 5.74) is 5.76. The molecule has 1 heterocycles. The van der Waals surface area contributed by atoms with Gasteiger partial charge in [0.2, 0.25) is 5.91 Å². The van der Waals surface area contributed by atoms with Crippen molar-refractivity contribution in [2.24, 2.45) is 5.73 Å². The second-order valence-electron chi connectivity index (χ2n) is 4.67. The molecule has 0 aromatic heterocycles. The molecule has 2 rings (SSSR count). The molecule has 1 aromatic carbocycles. The van der Waals surface area contributed by atoms with Crippen LogP contribution in [0.4, 0.5) is 0 Å². The Bertz CT molecular complexity index is 586. The van der Waals surface area contributed by atoms with E-state index in [4.69, 9.17) is 10.5 Å². The monoisotopic (exact) mass is 298 g/mol. The molecule has 1 aliphatic rings. The summed E-state index contributed by atoms with van der Waals surface area (Å²) in [5, 5.41) is 3.25. The highest BCUT2D eigenvalue weighted by atomic mass is 32.2. The first-order chi connectivity index (χ1) is 9.50. The molecule has 6 nitrogen and oxygen atoms in total. The van der Waals surface area contributed by atoms with E-state index in [-0.39, 0.29) is 18.4 Å². The molecular formula is C13H18N2O4S. The van der Waals surface area contributed by atoms with Crippen molar-refractivity contribution < 1.29 is 17.9 Å². The lowest BCUT2D eigenvalue weighted by Crippen LogP contribution is -2.32. The Morgan fingerprint density at radius 3 is 2.90 bits per heavy atom. The summed E-state index contributed by atoms with van der Waals surface area (Å²) in [5.74, 6) is -0.358. The van der Waals surface area contributed by atoms with Crippen LogP contribution in [0.2, 0.25) is 0 Å². The molecule has 0 saturated heterocycles. The molecule has 0 aliphatic carbocycles. The Kier molecular flexibility index (Phi) is 4.74. The smallest absolute Gasteiger partial charge is 0.243 e. The minimum atomic E-state index is -3.15. The lowest BCUT2D eigenvalue weighted by atomic mass is 10.0. The highest BCUT2D eigenvalue weighted by molar-refractivity contribution is 7.91. The fourth-order valence-corrected chi connectivity index (χ4v) is 3.90. The van der Waals surface area contributed by atoms with Crippen molar-refractivity contribution >= 4 is 15.7 Å². The molecule has 1 aromatic rings. The zero-order valence-corrected chi connectivity index (χ0v) is 11.9. The van der Waals surface area contributed by atoms with Gasteiger partial charge in [0.25, 0.3) is 0 Å². The van der Waals surface area contributed by atoms with Crippen LogP contribution in [0.25, 0.3) is 0 Å². The van der Waals surface area contributed by atoms with Gasteiger partial charge in [-0.1, -0.05) is 18.2 Å². The molecule has 1 atom stereocenters. The summed E-state index contributed by atoms with van der Waals surface area (Å²) in [6.45, 7) is 0.790. The maximum absolute atomic E-state index is 12.0. The third kappa shape index (κ3) is 3.56. The Balaban J connectivity index is 1.96. The molecule has 3 N–H and O–H groups in total. The molecule has 0 radical (unpaired) electrons. The number of ether oxygens (including phenoxy) is 1. The molecular weight excluding hydrogens is 280 g/mol. The number of rotatable bonds is 6. The van der Waals surface area contributed by atoms with E-state index in [1.807, 2.05) is 12.1 Å². The van der Waals surface area contributed by atoms with E-state index < -0.39 is 15.7 Å².